The van der Waals surface area contributed by atoms with Crippen LogP contribution in [0.1, 0.15) is 48.3 Å². The van der Waals surface area contributed by atoms with E-state index in [4.69, 9.17) is 0 Å². The van der Waals surface area contributed by atoms with E-state index >= 15 is 0 Å². The number of carbonyl (C=O) groups is 2. The average Bonchev–Trinajstić information content (AvgIpc) is 2.95. The summed E-state index contributed by atoms with van der Waals surface area (Å²) >= 11 is 0. The summed E-state index contributed by atoms with van der Waals surface area (Å²) in [5.74, 6) is -1.04. The van der Waals surface area contributed by atoms with E-state index in [1.165, 1.54) is 24.1 Å². The van der Waals surface area contributed by atoms with Crippen LogP contribution in [0.5, 0.6) is 0 Å². The van der Waals surface area contributed by atoms with Crippen LogP contribution < -0.4 is 10.2 Å². The van der Waals surface area contributed by atoms with E-state index in [0.29, 0.717) is 37.1 Å². The predicted molar refractivity (Wildman–Crippen MR) is 138 cm³/mol. The maximum atomic E-state index is 13.7. The molecule has 2 fully saturated rings. The minimum Gasteiger partial charge on any atom is -0.341 e. The molecule has 2 heterocycles. The van der Waals surface area contributed by atoms with Gasteiger partial charge in [0.15, 0.2) is 0 Å². The fourth-order valence-electron chi connectivity index (χ4n) is 5.54. The normalized spacial score (nSPS) is 21.9. The van der Waals surface area contributed by atoms with Gasteiger partial charge in [0, 0.05) is 44.8 Å². The molecule has 0 saturated carbocycles. The molecule has 2 aromatic carbocycles. The molecule has 0 unspecified atom stereocenters. The molecule has 0 radical (unpaired) electrons. The quantitative estimate of drug-likeness (QED) is 0.455. The van der Waals surface area contributed by atoms with Crippen LogP contribution in [0.3, 0.4) is 0 Å². The van der Waals surface area contributed by atoms with E-state index in [0.717, 1.165) is 31.3 Å². The van der Waals surface area contributed by atoms with Gasteiger partial charge in [0.25, 0.3) is 0 Å². The molecule has 3 atom stereocenters. The lowest BCUT2D eigenvalue weighted by atomic mass is 9.84. The van der Waals surface area contributed by atoms with E-state index in [9.17, 15) is 40.3 Å². The van der Waals surface area contributed by atoms with Crippen LogP contribution in [0.15, 0.2) is 42.5 Å². The molecule has 1 N–H and O–H groups in total. The van der Waals surface area contributed by atoms with Crippen molar-refractivity contribution in [1.82, 2.24) is 15.1 Å². The highest BCUT2D eigenvalue weighted by Gasteiger charge is 2.41. The molecule has 41 heavy (non-hydrogen) atoms. The second kappa shape index (κ2) is 11.9. The molecule has 2 saturated heterocycles. The smallest absolute Gasteiger partial charge is 0.341 e. The molecule has 2 aliphatic rings. The first-order valence-corrected chi connectivity index (χ1v) is 13.2. The molecule has 0 aromatic heterocycles. The summed E-state index contributed by atoms with van der Waals surface area (Å²) in [6.07, 6.45) is -7.25. The SMILES string of the molecule is CN(C(=O)N(C)[C@@H]1CCN(C(=O)[C@H]2CCCCN2)C[C@H]1c1ccc(F)cc1)c1cc(C(F)(F)F)cc(C(F)(F)F)c1. The van der Waals surface area contributed by atoms with Gasteiger partial charge in [0.2, 0.25) is 5.91 Å². The molecule has 2 aromatic rings. The van der Waals surface area contributed by atoms with Gasteiger partial charge < -0.3 is 15.1 Å². The van der Waals surface area contributed by atoms with Gasteiger partial charge in [-0.3, -0.25) is 9.69 Å². The Labute approximate surface area is 233 Å². The first kappa shape index (κ1) is 30.6. The summed E-state index contributed by atoms with van der Waals surface area (Å²) in [6, 6.07) is 4.86. The topological polar surface area (TPSA) is 55.9 Å². The first-order chi connectivity index (χ1) is 19.2. The van der Waals surface area contributed by atoms with Crippen molar-refractivity contribution in [2.24, 2.45) is 0 Å². The Hall–Kier alpha value is -3.35. The Bertz CT molecular complexity index is 1210. The number of rotatable bonds is 4. The summed E-state index contributed by atoms with van der Waals surface area (Å²) in [4.78, 5) is 30.4. The van der Waals surface area contributed by atoms with E-state index in [1.807, 2.05) is 0 Å². The number of hydrogen-bond donors (Lipinski definition) is 1. The molecule has 3 amide bonds. The number of halogens is 7. The second-order valence-corrected chi connectivity index (χ2v) is 10.5. The largest absolute Gasteiger partial charge is 0.416 e. The maximum absolute atomic E-state index is 13.7. The monoisotopic (exact) mass is 588 g/mol. The third-order valence-electron chi connectivity index (χ3n) is 7.84. The van der Waals surface area contributed by atoms with Crippen LogP contribution in [0.4, 0.5) is 41.2 Å². The highest BCUT2D eigenvalue weighted by atomic mass is 19.4. The van der Waals surface area contributed by atoms with Gasteiger partial charge in [-0.1, -0.05) is 18.6 Å². The van der Waals surface area contributed by atoms with E-state index < -0.39 is 53.0 Å². The lowest BCUT2D eigenvalue weighted by Gasteiger charge is -2.44. The number of nitrogens with one attached hydrogen (secondary N) is 1. The van der Waals surface area contributed by atoms with Crippen molar-refractivity contribution in [3.05, 3.63) is 65.0 Å². The molecular weight excluding hydrogens is 557 g/mol. The van der Waals surface area contributed by atoms with Crippen molar-refractivity contribution >= 4 is 17.6 Å². The van der Waals surface area contributed by atoms with Gasteiger partial charge in [-0.05, 0) is 61.7 Å². The fourth-order valence-corrected chi connectivity index (χ4v) is 5.54. The lowest BCUT2D eigenvalue weighted by molar-refractivity contribution is -0.143. The number of anilines is 1. The third kappa shape index (κ3) is 6.94. The third-order valence-corrected chi connectivity index (χ3v) is 7.84. The molecule has 13 heteroatoms. The van der Waals surface area contributed by atoms with E-state index in [-0.39, 0.29) is 24.6 Å². The van der Waals surface area contributed by atoms with E-state index in [1.54, 1.807) is 17.0 Å². The first-order valence-electron chi connectivity index (χ1n) is 13.2. The van der Waals surface area contributed by atoms with Crippen molar-refractivity contribution in [2.75, 3.05) is 38.6 Å². The van der Waals surface area contributed by atoms with Crippen LogP contribution in [0.2, 0.25) is 0 Å². The predicted octanol–water partition coefficient (Wildman–Crippen LogP) is 5.88. The fraction of sp³-hybridized carbons (Fsp3) is 0.500. The van der Waals surface area contributed by atoms with Crippen LogP contribution in [0, 0.1) is 5.82 Å². The van der Waals surface area contributed by atoms with Crippen LogP contribution >= 0.6 is 0 Å². The Morgan fingerprint density at radius 1 is 0.902 bits per heavy atom. The molecule has 2 aliphatic heterocycles. The highest BCUT2D eigenvalue weighted by Crippen LogP contribution is 2.39. The molecular formula is C28H31F7N4O2. The number of likely N-dealkylation sites (tertiary alicyclic amines) is 1. The number of likely N-dealkylation sites (N-methyl/N-ethyl adjacent to an activating group) is 1. The Kier molecular flexibility index (Phi) is 8.86. The summed E-state index contributed by atoms with van der Waals surface area (Å²) in [6.45, 7) is 1.22. The summed E-state index contributed by atoms with van der Waals surface area (Å²) in [5, 5.41) is 3.22. The van der Waals surface area contributed by atoms with Crippen molar-refractivity contribution in [3.63, 3.8) is 0 Å². The van der Waals surface area contributed by atoms with Crippen LogP contribution in [-0.2, 0) is 17.1 Å². The zero-order valence-electron chi connectivity index (χ0n) is 22.5. The summed E-state index contributed by atoms with van der Waals surface area (Å²) in [5.41, 5.74) is -2.99. The molecule has 0 spiro atoms. The minimum atomic E-state index is -5.06. The van der Waals surface area contributed by atoms with Gasteiger partial charge in [0.05, 0.1) is 17.2 Å². The Balaban J connectivity index is 1.61. The zero-order valence-corrected chi connectivity index (χ0v) is 22.5. The second-order valence-electron chi connectivity index (χ2n) is 10.5. The molecule has 0 aliphatic carbocycles. The lowest BCUT2D eigenvalue weighted by Crippen LogP contribution is -2.57. The van der Waals surface area contributed by atoms with Crippen LogP contribution in [-0.4, -0.2) is 67.6 Å². The Morgan fingerprint density at radius 3 is 2.05 bits per heavy atom. The number of urea groups is 1. The average molecular weight is 589 g/mol. The molecule has 224 valence electrons. The number of alkyl halides is 6. The van der Waals surface area contributed by atoms with Gasteiger partial charge in [-0.15, -0.1) is 0 Å². The van der Waals surface area contributed by atoms with Crippen molar-refractivity contribution < 1.29 is 40.3 Å². The molecule has 4 rings (SSSR count). The molecule has 6 nitrogen and oxygen atoms in total. The van der Waals surface area contributed by atoms with Gasteiger partial charge >= 0.3 is 18.4 Å². The Morgan fingerprint density at radius 2 is 1.51 bits per heavy atom. The minimum absolute atomic E-state index is 0.00397. The van der Waals surface area contributed by atoms with Crippen LogP contribution in [0.25, 0.3) is 0 Å². The summed E-state index contributed by atoms with van der Waals surface area (Å²) < 4.78 is 94.2. The van der Waals surface area contributed by atoms with Gasteiger partial charge in [0.1, 0.15) is 5.82 Å². The number of nitrogens with zero attached hydrogens (tertiary/aromatic N) is 3. The number of amides is 3. The zero-order chi connectivity index (χ0) is 30.1. The molecule has 0 bridgehead atoms. The standard InChI is InChI=1S/C28H31F7N4O2/c1-37(21-14-18(27(30,31)32)13-19(15-21)28(33,34)35)26(41)38(2)24-10-12-39(25(40)23-5-3-4-11-36-23)16-22(24)17-6-8-20(29)9-7-17/h6-9,13-15,22-24,36H,3-5,10-12,16H2,1-2H3/t22-,23+,24+/m0/s1. The number of hydrogen-bond acceptors (Lipinski definition) is 3. The number of carbonyl (C=O) groups excluding carboxylic acids is 2. The maximum Gasteiger partial charge on any atom is 0.416 e. The van der Waals surface area contributed by atoms with Crippen molar-refractivity contribution in [3.8, 4) is 0 Å². The highest BCUT2D eigenvalue weighted by molar-refractivity contribution is 5.92. The van der Waals surface area contributed by atoms with Crippen molar-refractivity contribution in [1.29, 1.82) is 0 Å². The van der Waals surface area contributed by atoms with E-state index in [2.05, 4.69) is 5.32 Å². The summed E-state index contributed by atoms with van der Waals surface area (Å²) in [7, 11) is 2.52. The van der Waals surface area contributed by atoms with Crippen molar-refractivity contribution in [2.45, 2.75) is 56.0 Å². The number of benzene rings is 2. The number of piperidine rings is 2. The van der Waals surface area contributed by atoms with Gasteiger partial charge in [-0.25, -0.2) is 9.18 Å². The van der Waals surface area contributed by atoms with Gasteiger partial charge in [-0.2, -0.15) is 26.3 Å².